The van der Waals surface area contributed by atoms with Gasteiger partial charge in [0.2, 0.25) is 5.91 Å². The Hall–Kier alpha value is -1.35. The summed E-state index contributed by atoms with van der Waals surface area (Å²) in [6.45, 7) is 5.18. The Morgan fingerprint density at radius 1 is 1.39 bits per heavy atom. The van der Waals surface area contributed by atoms with Gasteiger partial charge in [0.15, 0.2) is 0 Å². The van der Waals surface area contributed by atoms with Gasteiger partial charge in [-0.25, -0.2) is 0 Å². The maximum Gasteiger partial charge on any atom is 0.229 e. The highest BCUT2D eigenvalue weighted by Gasteiger charge is 2.29. The molecule has 1 aliphatic heterocycles. The van der Waals surface area contributed by atoms with E-state index < -0.39 is 0 Å². The summed E-state index contributed by atoms with van der Waals surface area (Å²) >= 11 is 0. The summed E-state index contributed by atoms with van der Waals surface area (Å²) in [5.41, 5.74) is 2.23. The zero-order chi connectivity index (χ0) is 13.0. The van der Waals surface area contributed by atoms with E-state index in [1.54, 1.807) is 0 Å². The van der Waals surface area contributed by atoms with Crippen LogP contribution in [0.4, 0.5) is 5.69 Å². The van der Waals surface area contributed by atoms with Gasteiger partial charge >= 0.3 is 0 Å². The second-order valence-electron chi connectivity index (χ2n) is 5.07. The number of anilines is 1. The van der Waals surface area contributed by atoms with Crippen LogP contribution in [0.5, 0.6) is 0 Å². The zero-order valence-electron chi connectivity index (χ0n) is 11.2. The van der Waals surface area contributed by atoms with Crippen molar-refractivity contribution < 1.29 is 4.79 Å². The zero-order valence-corrected chi connectivity index (χ0v) is 11.2. The largest absolute Gasteiger partial charge is 0.326 e. The van der Waals surface area contributed by atoms with Crippen LogP contribution in [0.3, 0.4) is 0 Å². The van der Waals surface area contributed by atoms with E-state index in [0.717, 1.165) is 31.5 Å². The molecule has 98 valence electrons. The van der Waals surface area contributed by atoms with E-state index in [-0.39, 0.29) is 17.9 Å². The summed E-state index contributed by atoms with van der Waals surface area (Å²) < 4.78 is 0. The summed E-state index contributed by atoms with van der Waals surface area (Å²) in [5, 5.41) is 6.31. The molecule has 0 aromatic heterocycles. The first-order chi connectivity index (χ1) is 8.70. The normalized spacial score (nSPS) is 23.0. The second kappa shape index (κ2) is 6.01. The first kappa shape index (κ1) is 13.1. The highest BCUT2D eigenvalue weighted by atomic mass is 16.1. The fourth-order valence-corrected chi connectivity index (χ4v) is 2.50. The molecule has 1 saturated heterocycles. The fourth-order valence-electron chi connectivity index (χ4n) is 2.50. The fraction of sp³-hybridized carbons (Fsp3) is 0.533. The molecule has 2 rings (SSSR count). The Kier molecular flexibility index (Phi) is 4.37. The molecule has 1 aliphatic rings. The van der Waals surface area contributed by atoms with E-state index in [1.165, 1.54) is 5.56 Å². The number of hydrogen-bond donors (Lipinski definition) is 2. The average Bonchev–Trinajstić information content (AvgIpc) is 2.78. The van der Waals surface area contributed by atoms with E-state index in [2.05, 4.69) is 36.6 Å². The number of carbonyl (C=O) groups excluding carboxylic acids is 1. The van der Waals surface area contributed by atoms with E-state index >= 15 is 0 Å². The molecule has 1 heterocycles. The first-order valence-corrected chi connectivity index (χ1v) is 6.84. The SMILES string of the molecule is CCCc1ccc(NC(=O)C2CCNC2C)cc1. The van der Waals surface area contributed by atoms with Gasteiger partial charge in [-0.3, -0.25) is 4.79 Å². The van der Waals surface area contributed by atoms with Crippen LogP contribution in [-0.2, 0) is 11.2 Å². The third-order valence-electron chi connectivity index (χ3n) is 3.62. The van der Waals surface area contributed by atoms with Gasteiger partial charge in [-0.1, -0.05) is 25.5 Å². The van der Waals surface area contributed by atoms with Gasteiger partial charge in [-0.15, -0.1) is 0 Å². The number of amides is 1. The molecule has 0 radical (unpaired) electrons. The first-order valence-electron chi connectivity index (χ1n) is 6.84. The van der Waals surface area contributed by atoms with Crippen molar-refractivity contribution in [1.82, 2.24) is 5.32 Å². The number of carbonyl (C=O) groups is 1. The molecule has 2 atom stereocenters. The predicted molar refractivity (Wildman–Crippen MR) is 74.6 cm³/mol. The Balaban J connectivity index is 1.94. The molecule has 2 N–H and O–H groups in total. The molecular weight excluding hydrogens is 224 g/mol. The molecule has 3 nitrogen and oxygen atoms in total. The lowest BCUT2D eigenvalue weighted by molar-refractivity contribution is -0.119. The highest BCUT2D eigenvalue weighted by molar-refractivity contribution is 5.93. The summed E-state index contributed by atoms with van der Waals surface area (Å²) in [4.78, 5) is 12.1. The van der Waals surface area contributed by atoms with Gasteiger partial charge in [-0.05, 0) is 44.0 Å². The monoisotopic (exact) mass is 246 g/mol. The minimum Gasteiger partial charge on any atom is -0.326 e. The minimum absolute atomic E-state index is 0.0975. The van der Waals surface area contributed by atoms with Crippen molar-refractivity contribution in [3.63, 3.8) is 0 Å². The van der Waals surface area contributed by atoms with Gasteiger partial charge in [0.25, 0.3) is 0 Å². The van der Waals surface area contributed by atoms with Gasteiger partial charge < -0.3 is 10.6 Å². The lowest BCUT2D eigenvalue weighted by Crippen LogP contribution is -2.32. The smallest absolute Gasteiger partial charge is 0.229 e. The molecule has 1 amide bonds. The summed E-state index contributed by atoms with van der Waals surface area (Å²) in [7, 11) is 0. The van der Waals surface area contributed by atoms with Crippen LogP contribution in [-0.4, -0.2) is 18.5 Å². The number of rotatable bonds is 4. The third-order valence-corrected chi connectivity index (χ3v) is 3.62. The van der Waals surface area contributed by atoms with Crippen LogP contribution in [0, 0.1) is 5.92 Å². The molecule has 1 fully saturated rings. The molecule has 0 saturated carbocycles. The van der Waals surface area contributed by atoms with E-state index in [1.807, 2.05) is 12.1 Å². The van der Waals surface area contributed by atoms with Crippen LogP contribution in [0.25, 0.3) is 0 Å². The van der Waals surface area contributed by atoms with Crippen molar-refractivity contribution in [2.75, 3.05) is 11.9 Å². The van der Waals surface area contributed by atoms with E-state index in [0.29, 0.717) is 0 Å². The predicted octanol–water partition coefficient (Wildman–Crippen LogP) is 2.58. The van der Waals surface area contributed by atoms with E-state index in [4.69, 9.17) is 0 Å². The summed E-state index contributed by atoms with van der Waals surface area (Å²) in [6, 6.07) is 8.46. The lowest BCUT2D eigenvalue weighted by Gasteiger charge is -2.15. The average molecular weight is 246 g/mol. The molecule has 0 spiro atoms. The van der Waals surface area contributed by atoms with Gasteiger partial charge in [0.1, 0.15) is 0 Å². The van der Waals surface area contributed by atoms with Crippen molar-refractivity contribution in [2.24, 2.45) is 5.92 Å². The molecule has 1 aromatic rings. The quantitative estimate of drug-likeness (QED) is 0.857. The topological polar surface area (TPSA) is 41.1 Å². The van der Waals surface area contributed by atoms with Crippen molar-refractivity contribution in [1.29, 1.82) is 0 Å². The highest BCUT2D eigenvalue weighted by Crippen LogP contribution is 2.18. The maximum absolute atomic E-state index is 12.1. The van der Waals surface area contributed by atoms with Crippen molar-refractivity contribution in [3.05, 3.63) is 29.8 Å². The van der Waals surface area contributed by atoms with Crippen molar-refractivity contribution in [2.45, 2.75) is 39.2 Å². The molecule has 0 aliphatic carbocycles. The van der Waals surface area contributed by atoms with Crippen LogP contribution in [0.1, 0.15) is 32.3 Å². The van der Waals surface area contributed by atoms with Crippen LogP contribution >= 0.6 is 0 Å². The molecule has 1 aromatic carbocycles. The summed E-state index contributed by atoms with van der Waals surface area (Å²) in [6.07, 6.45) is 3.18. The number of hydrogen-bond acceptors (Lipinski definition) is 2. The standard InChI is InChI=1S/C15H22N2O/c1-3-4-12-5-7-13(8-6-12)17-15(18)14-9-10-16-11(14)2/h5-8,11,14,16H,3-4,9-10H2,1-2H3,(H,17,18). The summed E-state index contributed by atoms with van der Waals surface area (Å²) in [5.74, 6) is 0.232. The number of aryl methyl sites for hydroxylation is 1. The third kappa shape index (κ3) is 3.10. The Morgan fingerprint density at radius 3 is 2.67 bits per heavy atom. The maximum atomic E-state index is 12.1. The van der Waals surface area contributed by atoms with Crippen LogP contribution < -0.4 is 10.6 Å². The lowest BCUT2D eigenvalue weighted by atomic mass is 10.0. The molecule has 18 heavy (non-hydrogen) atoms. The molecule has 2 unspecified atom stereocenters. The number of benzene rings is 1. The Labute approximate surface area is 109 Å². The van der Waals surface area contributed by atoms with Crippen LogP contribution in [0.15, 0.2) is 24.3 Å². The van der Waals surface area contributed by atoms with Gasteiger partial charge in [0.05, 0.1) is 5.92 Å². The Bertz CT molecular complexity index is 399. The second-order valence-corrected chi connectivity index (χ2v) is 5.07. The Morgan fingerprint density at radius 2 is 2.11 bits per heavy atom. The van der Waals surface area contributed by atoms with Crippen molar-refractivity contribution >= 4 is 11.6 Å². The van der Waals surface area contributed by atoms with E-state index in [9.17, 15) is 4.79 Å². The molecular formula is C15H22N2O. The van der Waals surface area contributed by atoms with Crippen LogP contribution in [0.2, 0.25) is 0 Å². The van der Waals surface area contributed by atoms with Gasteiger partial charge in [-0.2, -0.15) is 0 Å². The van der Waals surface area contributed by atoms with Crippen molar-refractivity contribution in [3.8, 4) is 0 Å². The number of nitrogens with one attached hydrogen (secondary N) is 2. The molecule has 0 bridgehead atoms. The van der Waals surface area contributed by atoms with Gasteiger partial charge in [0, 0.05) is 11.7 Å². The molecule has 3 heteroatoms. The minimum atomic E-state index is 0.0975.